The van der Waals surface area contributed by atoms with Crippen LogP contribution in [0.2, 0.25) is 0 Å². The zero-order chi connectivity index (χ0) is 13.9. The second kappa shape index (κ2) is 9.67. The molecule has 5 heteroatoms. The summed E-state index contributed by atoms with van der Waals surface area (Å²) in [6.07, 6.45) is 12.9. The first-order chi connectivity index (χ1) is 9.18. The monoisotopic (exact) mass is 282 g/mol. The Balaban J connectivity index is 1.92. The Hall–Kier alpha value is -1.23. The maximum absolute atomic E-state index is 10.3. The number of aryl methyl sites for hydroxylation is 1. The van der Waals surface area contributed by atoms with Crippen LogP contribution in [-0.2, 0) is 11.2 Å². The van der Waals surface area contributed by atoms with Gasteiger partial charge in [0, 0.05) is 18.8 Å². The molecule has 0 unspecified atom stereocenters. The molecule has 19 heavy (non-hydrogen) atoms. The van der Waals surface area contributed by atoms with Crippen molar-refractivity contribution in [3.63, 3.8) is 0 Å². The van der Waals surface area contributed by atoms with Crippen molar-refractivity contribution in [3.05, 3.63) is 22.7 Å². The van der Waals surface area contributed by atoms with E-state index in [9.17, 15) is 4.79 Å². The summed E-state index contributed by atoms with van der Waals surface area (Å²) in [5.41, 5.74) is 1.20. The van der Waals surface area contributed by atoms with Crippen molar-refractivity contribution < 1.29 is 9.90 Å². The van der Waals surface area contributed by atoms with Crippen molar-refractivity contribution in [3.8, 4) is 0 Å². The molecule has 2 N–H and O–H groups in total. The number of hydrogen-bond donors (Lipinski definition) is 2. The van der Waals surface area contributed by atoms with Crippen LogP contribution in [0.4, 0.5) is 0 Å². The number of aliphatic carboxylic acids is 1. The summed E-state index contributed by atoms with van der Waals surface area (Å²) in [6.45, 7) is 0. The van der Waals surface area contributed by atoms with Crippen LogP contribution in [0, 0.1) is 4.77 Å². The first kappa shape index (κ1) is 15.8. The fourth-order valence-electron chi connectivity index (χ4n) is 2.00. The molecule has 0 radical (unpaired) electrons. The zero-order valence-corrected chi connectivity index (χ0v) is 12.0. The third-order valence-electron chi connectivity index (χ3n) is 3.08. The van der Waals surface area contributed by atoms with Crippen LogP contribution >= 0.6 is 12.2 Å². The van der Waals surface area contributed by atoms with E-state index in [-0.39, 0.29) is 0 Å². The molecular formula is C14H22N2O2S. The topological polar surface area (TPSA) is 66.0 Å². The number of aromatic nitrogens is 2. The first-order valence-corrected chi connectivity index (χ1v) is 7.35. The quantitative estimate of drug-likeness (QED) is 0.505. The number of nitrogens with zero attached hydrogens (tertiary/aromatic N) is 1. The van der Waals surface area contributed by atoms with E-state index in [4.69, 9.17) is 17.3 Å². The molecule has 1 heterocycles. The van der Waals surface area contributed by atoms with Gasteiger partial charge < -0.3 is 10.1 Å². The number of aromatic amines is 1. The van der Waals surface area contributed by atoms with Crippen LogP contribution in [0.5, 0.6) is 0 Å². The van der Waals surface area contributed by atoms with Gasteiger partial charge in [0.25, 0.3) is 0 Å². The zero-order valence-electron chi connectivity index (χ0n) is 11.2. The minimum Gasteiger partial charge on any atom is -0.481 e. The van der Waals surface area contributed by atoms with Gasteiger partial charge >= 0.3 is 5.97 Å². The lowest BCUT2D eigenvalue weighted by Gasteiger charge is -2.02. The standard InChI is InChI=1S/C14H22N2O2S/c17-13(18)9-7-5-3-1-2-4-6-8-12-10-15-14(19)16-11-12/h10-11H,1-9H2,(H,17,18)(H,15,16,19). The Morgan fingerprint density at radius 2 is 1.79 bits per heavy atom. The Morgan fingerprint density at radius 1 is 1.16 bits per heavy atom. The molecule has 0 atom stereocenters. The van der Waals surface area contributed by atoms with E-state index in [1.54, 1.807) is 0 Å². The van der Waals surface area contributed by atoms with Gasteiger partial charge in [-0.3, -0.25) is 4.79 Å². The number of nitrogens with one attached hydrogen (secondary N) is 1. The first-order valence-electron chi connectivity index (χ1n) is 6.94. The van der Waals surface area contributed by atoms with Crippen LogP contribution in [0.3, 0.4) is 0 Å². The number of unbranched alkanes of at least 4 members (excludes halogenated alkanes) is 6. The lowest BCUT2D eigenvalue weighted by Crippen LogP contribution is -1.93. The predicted molar refractivity (Wildman–Crippen MR) is 77.7 cm³/mol. The predicted octanol–water partition coefficient (Wildman–Crippen LogP) is 3.89. The minimum absolute atomic E-state index is 0.308. The van der Waals surface area contributed by atoms with E-state index in [1.165, 1.54) is 31.2 Å². The molecule has 0 amide bonds. The van der Waals surface area contributed by atoms with Crippen molar-refractivity contribution in [2.45, 2.75) is 57.8 Å². The molecule has 0 aromatic carbocycles. The number of hydrogen-bond acceptors (Lipinski definition) is 3. The van der Waals surface area contributed by atoms with E-state index >= 15 is 0 Å². The summed E-state index contributed by atoms with van der Waals surface area (Å²) in [6, 6.07) is 0. The van der Waals surface area contributed by atoms with Gasteiger partial charge in [0.15, 0.2) is 4.77 Å². The summed E-state index contributed by atoms with van der Waals surface area (Å²) in [7, 11) is 0. The fourth-order valence-corrected chi connectivity index (χ4v) is 2.11. The summed E-state index contributed by atoms with van der Waals surface area (Å²) in [4.78, 5) is 17.3. The highest BCUT2D eigenvalue weighted by Gasteiger charge is 1.97. The molecule has 0 aliphatic rings. The fraction of sp³-hybridized carbons (Fsp3) is 0.643. The van der Waals surface area contributed by atoms with Crippen molar-refractivity contribution in [1.82, 2.24) is 9.97 Å². The minimum atomic E-state index is -0.685. The summed E-state index contributed by atoms with van der Waals surface area (Å²) in [5.74, 6) is -0.685. The van der Waals surface area contributed by atoms with Crippen LogP contribution in [0.25, 0.3) is 0 Å². The lowest BCUT2D eigenvalue weighted by molar-refractivity contribution is -0.137. The van der Waals surface area contributed by atoms with Gasteiger partial charge in [0.2, 0.25) is 0 Å². The average Bonchev–Trinajstić information content (AvgIpc) is 2.38. The Bertz CT molecular complexity index is 411. The smallest absolute Gasteiger partial charge is 0.303 e. The summed E-state index contributed by atoms with van der Waals surface area (Å²) < 4.78 is 0.533. The van der Waals surface area contributed by atoms with Crippen molar-refractivity contribution >= 4 is 18.2 Å². The molecule has 106 valence electrons. The maximum Gasteiger partial charge on any atom is 0.303 e. The van der Waals surface area contributed by atoms with Gasteiger partial charge in [-0.15, -0.1) is 0 Å². The van der Waals surface area contributed by atoms with Gasteiger partial charge in [0.1, 0.15) is 0 Å². The number of rotatable bonds is 10. The number of carbonyl (C=O) groups is 1. The Morgan fingerprint density at radius 3 is 2.37 bits per heavy atom. The summed E-state index contributed by atoms with van der Waals surface area (Å²) in [5, 5.41) is 8.50. The Labute approximate surface area is 119 Å². The molecular weight excluding hydrogens is 260 g/mol. The highest BCUT2D eigenvalue weighted by molar-refractivity contribution is 7.71. The third kappa shape index (κ3) is 8.48. The van der Waals surface area contributed by atoms with Crippen LogP contribution in [0.1, 0.15) is 56.9 Å². The second-order valence-corrected chi connectivity index (χ2v) is 5.18. The van der Waals surface area contributed by atoms with Crippen LogP contribution in [-0.4, -0.2) is 21.0 Å². The molecule has 0 aliphatic heterocycles. The SMILES string of the molecule is O=C(O)CCCCCCCCCc1cnc(=S)[nH]c1. The molecule has 0 fully saturated rings. The molecule has 1 rings (SSSR count). The van der Waals surface area contributed by atoms with E-state index in [0.717, 1.165) is 25.7 Å². The van der Waals surface area contributed by atoms with Gasteiger partial charge in [-0.1, -0.05) is 32.1 Å². The van der Waals surface area contributed by atoms with Crippen molar-refractivity contribution in [1.29, 1.82) is 0 Å². The van der Waals surface area contributed by atoms with Crippen molar-refractivity contribution in [2.24, 2.45) is 0 Å². The third-order valence-corrected chi connectivity index (χ3v) is 3.31. The number of carboxylic acids is 1. The molecule has 4 nitrogen and oxygen atoms in total. The number of carboxylic acid groups (broad SMARTS) is 1. The molecule has 0 saturated heterocycles. The molecule has 0 saturated carbocycles. The molecule has 0 aliphatic carbocycles. The van der Waals surface area contributed by atoms with Crippen molar-refractivity contribution in [2.75, 3.05) is 0 Å². The average molecular weight is 282 g/mol. The molecule has 1 aromatic heterocycles. The molecule has 0 spiro atoms. The molecule has 1 aromatic rings. The highest BCUT2D eigenvalue weighted by Crippen LogP contribution is 2.10. The second-order valence-electron chi connectivity index (χ2n) is 4.80. The van der Waals surface area contributed by atoms with E-state index in [1.807, 2.05) is 12.4 Å². The van der Waals surface area contributed by atoms with E-state index in [0.29, 0.717) is 11.2 Å². The van der Waals surface area contributed by atoms with Crippen LogP contribution < -0.4 is 0 Å². The Kier molecular flexibility index (Phi) is 8.05. The normalized spacial score (nSPS) is 10.5. The lowest BCUT2D eigenvalue weighted by atomic mass is 10.1. The van der Waals surface area contributed by atoms with Gasteiger partial charge in [0.05, 0.1) is 0 Å². The number of H-pyrrole nitrogens is 1. The summed E-state index contributed by atoms with van der Waals surface area (Å²) >= 11 is 4.89. The van der Waals surface area contributed by atoms with E-state index in [2.05, 4.69) is 9.97 Å². The van der Waals surface area contributed by atoms with Gasteiger partial charge in [-0.05, 0) is 37.0 Å². The maximum atomic E-state index is 10.3. The van der Waals surface area contributed by atoms with Gasteiger partial charge in [-0.25, -0.2) is 4.98 Å². The van der Waals surface area contributed by atoms with Gasteiger partial charge in [-0.2, -0.15) is 0 Å². The molecule has 0 bridgehead atoms. The largest absolute Gasteiger partial charge is 0.481 e. The highest BCUT2D eigenvalue weighted by atomic mass is 32.1. The van der Waals surface area contributed by atoms with E-state index < -0.39 is 5.97 Å². The van der Waals surface area contributed by atoms with Crippen LogP contribution in [0.15, 0.2) is 12.4 Å².